The molecule has 0 atom stereocenters. The van der Waals surface area contributed by atoms with Gasteiger partial charge in [-0.15, -0.1) is 0 Å². The fraction of sp³-hybridized carbons (Fsp3) is 0.125. The quantitative estimate of drug-likeness (QED) is 0.423. The zero-order chi connectivity index (χ0) is 18.9. The van der Waals surface area contributed by atoms with Crippen molar-refractivity contribution in [1.82, 2.24) is 9.55 Å². The highest BCUT2D eigenvalue weighted by molar-refractivity contribution is 7.16. The third kappa shape index (κ3) is 3.06. The predicted octanol–water partition coefficient (Wildman–Crippen LogP) is 5.53. The SMILES string of the molecule is Cn1c(=NCCc2c[nH]c3ccc(-c4ccccc4)cc23)sc2ccccc21. The number of thiazole rings is 1. The van der Waals surface area contributed by atoms with Crippen LogP contribution in [0.5, 0.6) is 0 Å². The zero-order valence-corrected chi connectivity index (χ0v) is 16.5. The molecule has 0 amide bonds. The second kappa shape index (κ2) is 7.13. The molecule has 2 aromatic heterocycles. The topological polar surface area (TPSA) is 33.1 Å². The van der Waals surface area contributed by atoms with Crippen LogP contribution in [0.15, 0.2) is 84.0 Å². The first-order valence-corrected chi connectivity index (χ1v) is 10.3. The van der Waals surface area contributed by atoms with Crippen molar-refractivity contribution in [3.63, 3.8) is 0 Å². The maximum absolute atomic E-state index is 4.87. The van der Waals surface area contributed by atoms with Crippen molar-refractivity contribution in [1.29, 1.82) is 0 Å². The van der Waals surface area contributed by atoms with Crippen LogP contribution in [-0.4, -0.2) is 16.1 Å². The van der Waals surface area contributed by atoms with Gasteiger partial charge in [-0.25, -0.2) is 0 Å². The first-order valence-electron chi connectivity index (χ1n) is 9.50. The lowest BCUT2D eigenvalue weighted by Gasteiger charge is -2.03. The Morgan fingerprint density at radius 3 is 2.61 bits per heavy atom. The van der Waals surface area contributed by atoms with E-state index >= 15 is 0 Å². The molecule has 3 aromatic carbocycles. The number of nitrogens with one attached hydrogen (secondary N) is 1. The molecular weight excluding hydrogens is 362 g/mol. The second-order valence-electron chi connectivity index (χ2n) is 6.98. The minimum absolute atomic E-state index is 0.781. The number of rotatable bonds is 4. The first kappa shape index (κ1) is 17.0. The number of hydrogen-bond donors (Lipinski definition) is 1. The van der Waals surface area contributed by atoms with Gasteiger partial charge in [-0.1, -0.05) is 59.9 Å². The molecule has 1 N–H and O–H groups in total. The Bertz CT molecular complexity index is 1320. The van der Waals surface area contributed by atoms with Gasteiger partial charge >= 0.3 is 0 Å². The van der Waals surface area contributed by atoms with Crippen molar-refractivity contribution in [3.05, 3.63) is 89.4 Å². The van der Waals surface area contributed by atoms with Gasteiger partial charge in [-0.05, 0) is 47.4 Å². The summed E-state index contributed by atoms with van der Waals surface area (Å²) < 4.78 is 3.46. The number of para-hydroxylation sites is 1. The molecule has 2 heterocycles. The van der Waals surface area contributed by atoms with Crippen LogP contribution >= 0.6 is 11.3 Å². The number of H-pyrrole nitrogens is 1. The summed E-state index contributed by atoms with van der Waals surface area (Å²) >= 11 is 1.75. The van der Waals surface area contributed by atoms with Crippen molar-refractivity contribution in [2.24, 2.45) is 12.0 Å². The van der Waals surface area contributed by atoms with E-state index in [2.05, 4.69) is 95.6 Å². The Balaban J connectivity index is 1.44. The molecule has 0 saturated carbocycles. The van der Waals surface area contributed by atoms with E-state index in [9.17, 15) is 0 Å². The number of aromatic amines is 1. The maximum Gasteiger partial charge on any atom is 0.185 e. The Hall–Kier alpha value is -3.11. The van der Waals surface area contributed by atoms with E-state index in [4.69, 9.17) is 4.99 Å². The lowest BCUT2D eigenvalue weighted by molar-refractivity contribution is 0.853. The Labute approximate surface area is 167 Å². The van der Waals surface area contributed by atoms with Crippen LogP contribution in [-0.2, 0) is 13.5 Å². The van der Waals surface area contributed by atoms with E-state index in [1.165, 1.54) is 37.8 Å². The largest absolute Gasteiger partial charge is 0.361 e. The summed E-state index contributed by atoms with van der Waals surface area (Å²) in [5, 5.41) is 1.29. The van der Waals surface area contributed by atoms with E-state index in [1.807, 2.05) is 0 Å². The van der Waals surface area contributed by atoms with Crippen LogP contribution in [0.4, 0.5) is 0 Å². The third-order valence-corrected chi connectivity index (χ3v) is 6.37. The summed E-state index contributed by atoms with van der Waals surface area (Å²) in [4.78, 5) is 9.35. The normalized spacial score (nSPS) is 12.2. The Morgan fingerprint density at radius 1 is 0.929 bits per heavy atom. The molecule has 5 aromatic rings. The first-order chi connectivity index (χ1) is 13.8. The highest BCUT2D eigenvalue weighted by atomic mass is 32.1. The lowest BCUT2D eigenvalue weighted by atomic mass is 10.0. The van der Waals surface area contributed by atoms with E-state index in [0.29, 0.717) is 0 Å². The summed E-state index contributed by atoms with van der Waals surface area (Å²) in [6, 6.07) is 25.6. The van der Waals surface area contributed by atoms with Gasteiger partial charge in [0, 0.05) is 30.7 Å². The number of benzene rings is 3. The standard InChI is InChI=1S/C24H21N3S/c1-27-22-9-5-6-10-23(22)28-24(27)25-14-13-19-16-26-21-12-11-18(15-20(19)21)17-7-3-2-4-8-17/h2-12,15-16,26H,13-14H2,1H3. The fourth-order valence-corrected chi connectivity index (χ4v) is 4.74. The molecule has 0 radical (unpaired) electrons. The average Bonchev–Trinajstić information content (AvgIpc) is 3.30. The molecule has 0 spiro atoms. The summed E-state index contributed by atoms with van der Waals surface area (Å²) in [6.07, 6.45) is 3.05. The van der Waals surface area contributed by atoms with Crippen molar-refractivity contribution in [3.8, 4) is 11.1 Å². The average molecular weight is 384 g/mol. The number of nitrogens with zero attached hydrogens (tertiary/aromatic N) is 2. The van der Waals surface area contributed by atoms with Gasteiger partial charge in [0.25, 0.3) is 0 Å². The second-order valence-corrected chi connectivity index (χ2v) is 7.99. The zero-order valence-electron chi connectivity index (χ0n) is 15.7. The van der Waals surface area contributed by atoms with Crippen molar-refractivity contribution in [2.75, 3.05) is 6.54 Å². The molecule has 0 saturated heterocycles. The molecule has 0 aliphatic carbocycles. The Kier molecular flexibility index (Phi) is 4.34. The van der Waals surface area contributed by atoms with Crippen LogP contribution in [0, 0.1) is 0 Å². The third-order valence-electron chi connectivity index (χ3n) is 5.22. The number of aryl methyl sites for hydroxylation is 1. The molecule has 0 aliphatic heterocycles. The Morgan fingerprint density at radius 2 is 1.75 bits per heavy atom. The molecule has 0 bridgehead atoms. The molecule has 138 valence electrons. The molecule has 3 nitrogen and oxygen atoms in total. The molecule has 5 rings (SSSR count). The molecule has 28 heavy (non-hydrogen) atoms. The van der Waals surface area contributed by atoms with Gasteiger partial charge in [0.05, 0.1) is 10.2 Å². The summed E-state index contributed by atoms with van der Waals surface area (Å²) in [7, 11) is 2.09. The van der Waals surface area contributed by atoms with E-state index < -0.39 is 0 Å². The van der Waals surface area contributed by atoms with E-state index in [-0.39, 0.29) is 0 Å². The molecular formula is C24H21N3S. The maximum atomic E-state index is 4.87. The van der Waals surface area contributed by atoms with Crippen molar-refractivity contribution in [2.45, 2.75) is 6.42 Å². The van der Waals surface area contributed by atoms with E-state index in [0.717, 1.165) is 17.8 Å². The van der Waals surface area contributed by atoms with Crippen LogP contribution in [0.1, 0.15) is 5.56 Å². The fourth-order valence-electron chi connectivity index (χ4n) is 3.70. The summed E-state index contributed by atoms with van der Waals surface area (Å²) in [6.45, 7) is 0.781. The van der Waals surface area contributed by atoms with Gasteiger partial charge in [-0.3, -0.25) is 4.99 Å². The number of fused-ring (bicyclic) bond motifs is 2. The van der Waals surface area contributed by atoms with Crippen molar-refractivity contribution >= 4 is 32.5 Å². The molecule has 0 unspecified atom stereocenters. The number of aromatic nitrogens is 2. The minimum Gasteiger partial charge on any atom is -0.361 e. The van der Waals surface area contributed by atoms with Crippen LogP contribution in [0.25, 0.3) is 32.2 Å². The van der Waals surface area contributed by atoms with Gasteiger partial charge in [0.1, 0.15) is 0 Å². The summed E-state index contributed by atoms with van der Waals surface area (Å²) in [5.41, 5.74) is 6.24. The van der Waals surface area contributed by atoms with Crippen LogP contribution in [0.2, 0.25) is 0 Å². The lowest BCUT2D eigenvalue weighted by Crippen LogP contribution is -2.11. The van der Waals surface area contributed by atoms with Crippen molar-refractivity contribution < 1.29 is 0 Å². The summed E-state index contributed by atoms with van der Waals surface area (Å²) in [5.74, 6) is 0. The van der Waals surface area contributed by atoms with Gasteiger partial charge < -0.3 is 9.55 Å². The highest BCUT2D eigenvalue weighted by Gasteiger charge is 2.06. The highest BCUT2D eigenvalue weighted by Crippen LogP contribution is 2.26. The molecule has 0 fully saturated rings. The van der Waals surface area contributed by atoms with Gasteiger partial charge in [0.2, 0.25) is 0 Å². The smallest absolute Gasteiger partial charge is 0.185 e. The minimum atomic E-state index is 0.781. The van der Waals surface area contributed by atoms with Gasteiger partial charge in [-0.2, -0.15) is 0 Å². The number of hydrogen-bond acceptors (Lipinski definition) is 2. The molecule has 0 aliphatic rings. The van der Waals surface area contributed by atoms with Gasteiger partial charge in [0.15, 0.2) is 4.80 Å². The predicted molar refractivity (Wildman–Crippen MR) is 119 cm³/mol. The van der Waals surface area contributed by atoms with Crippen LogP contribution < -0.4 is 4.80 Å². The van der Waals surface area contributed by atoms with Crippen LogP contribution in [0.3, 0.4) is 0 Å². The van der Waals surface area contributed by atoms with E-state index in [1.54, 1.807) is 11.3 Å². The molecule has 4 heteroatoms. The monoisotopic (exact) mass is 383 g/mol.